The van der Waals surface area contributed by atoms with Gasteiger partial charge in [-0.1, -0.05) is 0 Å². The number of aliphatic carboxylic acids is 1. The average molecular weight is 254 g/mol. The Labute approximate surface area is 105 Å². The Morgan fingerprint density at radius 1 is 1.44 bits per heavy atom. The van der Waals surface area contributed by atoms with E-state index in [0.29, 0.717) is 24.1 Å². The minimum Gasteiger partial charge on any atom is -0.481 e. The molecule has 0 radical (unpaired) electrons. The monoisotopic (exact) mass is 254 g/mol. The van der Waals surface area contributed by atoms with Gasteiger partial charge in [-0.25, -0.2) is 4.79 Å². The van der Waals surface area contributed by atoms with Crippen molar-refractivity contribution in [2.75, 3.05) is 0 Å². The minimum absolute atomic E-state index is 0.0562. The number of aromatic nitrogens is 2. The van der Waals surface area contributed by atoms with E-state index in [1.54, 1.807) is 20.8 Å². The number of hydrogen-bond acceptors (Lipinski definition) is 4. The van der Waals surface area contributed by atoms with Crippen molar-refractivity contribution in [1.29, 1.82) is 0 Å². The molecule has 1 aromatic heterocycles. The first-order valence-electron chi connectivity index (χ1n) is 5.77. The number of carbonyl (C=O) groups is 2. The van der Waals surface area contributed by atoms with Gasteiger partial charge in [-0.15, -0.1) is 0 Å². The summed E-state index contributed by atoms with van der Waals surface area (Å²) in [4.78, 5) is 22.3. The number of aromatic amines is 1. The maximum atomic E-state index is 11.8. The van der Waals surface area contributed by atoms with Crippen LogP contribution in [0.5, 0.6) is 0 Å². The van der Waals surface area contributed by atoms with Gasteiger partial charge in [0, 0.05) is 12.6 Å². The van der Waals surface area contributed by atoms with Gasteiger partial charge >= 0.3 is 11.9 Å². The number of nitrogens with zero attached hydrogens (tertiary/aromatic N) is 1. The number of aryl methyl sites for hydroxylation is 1. The third kappa shape index (κ3) is 4.57. The summed E-state index contributed by atoms with van der Waals surface area (Å²) < 4.78 is 5.23. The molecule has 6 nitrogen and oxygen atoms in total. The first-order valence-corrected chi connectivity index (χ1v) is 5.77. The molecule has 0 unspecified atom stereocenters. The highest BCUT2D eigenvalue weighted by molar-refractivity contribution is 5.90. The summed E-state index contributed by atoms with van der Waals surface area (Å²) >= 11 is 0. The number of carbonyl (C=O) groups excluding carboxylic acids is 1. The number of nitrogens with one attached hydrogen (secondary N) is 1. The quantitative estimate of drug-likeness (QED) is 0.781. The van der Waals surface area contributed by atoms with E-state index < -0.39 is 17.5 Å². The third-order valence-corrected chi connectivity index (χ3v) is 2.14. The summed E-state index contributed by atoms with van der Waals surface area (Å²) in [5, 5.41) is 15.1. The van der Waals surface area contributed by atoms with Crippen LogP contribution in [0.1, 0.15) is 49.7 Å². The predicted molar refractivity (Wildman–Crippen MR) is 64.3 cm³/mol. The fourth-order valence-corrected chi connectivity index (χ4v) is 1.43. The zero-order chi connectivity index (χ0) is 13.8. The van der Waals surface area contributed by atoms with Crippen LogP contribution in [0.4, 0.5) is 0 Å². The molecule has 0 fully saturated rings. The molecule has 0 aliphatic heterocycles. The minimum atomic E-state index is -0.857. The van der Waals surface area contributed by atoms with Crippen LogP contribution < -0.4 is 0 Å². The molecular weight excluding hydrogens is 236 g/mol. The fourth-order valence-electron chi connectivity index (χ4n) is 1.43. The van der Waals surface area contributed by atoms with Gasteiger partial charge in [0.05, 0.1) is 5.69 Å². The normalized spacial score (nSPS) is 11.3. The van der Waals surface area contributed by atoms with E-state index in [-0.39, 0.29) is 6.42 Å². The van der Waals surface area contributed by atoms with E-state index >= 15 is 0 Å². The molecule has 0 saturated carbocycles. The van der Waals surface area contributed by atoms with Crippen molar-refractivity contribution in [3.05, 3.63) is 17.5 Å². The van der Waals surface area contributed by atoms with Gasteiger partial charge in [-0.05, 0) is 33.6 Å². The lowest BCUT2D eigenvalue weighted by Gasteiger charge is -2.19. The van der Waals surface area contributed by atoms with Crippen LogP contribution in [0.15, 0.2) is 6.20 Å². The van der Waals surface area contributed by atoms with Crippen molar-refractivity contribution in [2.45, 2.75) is 45.6 Å². The Kier molecular flexibility index (Phi) is 4.47. The summed E-state index contributed by atoms with van der Waals surface area (Å²) in [5.74, 6) is -1.30. The zero-order valence-electron chi connectivity index (χ0n) is 10.8. The number of rotatable bonds is 5. The Bertz CT molecular complexity index is 432. The lowest BCUT2D eigenvalue weighted by molar-refractivity contribution is -0.137. The predicted octanol–water partition coefficient (Wildman–Crippen LogP) is 1.77. The molecule has 0 amide bonds. The molecule has 0 bridgehead atoms. The Hall–Kier alpha value is -1.85. The third-order valence-electron chi connectivity index (χ3n) is 2.14. The number of ether oxygens (including phenoxy) is 1. The second-order valence-corrected chi connectivity index (χ2v) is 4.99. The number of esters is 1. The highest BCUT2D eigenvalue weighted by Crippen LogP contribution is 2.15. The molecule has 0 aromatic carbocycles. The molecular formula is C12H18N2O4. The molecule has 1 rings (SSSR count). The van der Waals surface area contributed by atoms with Crippen LogP contribution in [0.3, 0.4) is 0 Å². The summed E-state index contributed by atoms with van der Waals surface area (Å²) in [5.41, 5.74) is 0.355. The molecule has 2 N–H and O–H groups in total. The van der Waals surface area contributed by atoms with Crippen LogP contribution in [-0.4, -0.2) is 32.8 Å². The van der Waals surface area contributed by atoms with Crippen LogP contribution >= 0.6 is 0 Å². The van der Waals surface area contributed by atoms with Crippen molar-refractivity contribution in [3.8, 4) is 0 Å². The highest BCUT2D eigenvalue weighted by atomic mass is 16.6. The van der Waals surface area contributed by atoms with Gasteiger partial charge in [0.1, 0.15) is 11.2 Å². The van der Waals surface area contributed by atoms with E-state index in [9.17, 15) is 9.59 Å². The fraction of sp³-hybridized carbons (Fsp3) is 0.583. The van der Waals surface area contributed by atoms with E-state index in [0.717, 1.165) is 0 Å². The van der Waals surface area contributed by atoms with Gasteiger partial charge in [0.25, 0.3) is 0 Å². The molecule has 0 spiro atoms. The summed E-state index contributed by atoms with van der Waals surface area (Å²) in [6.45, 7) is 5.36. The molecule has 0 atom stereocenters. The Balaban J connectivity index is 2.64. The van der Waals surface area contributed by atoms with E-state index in [2.05, 4.69) is 10.2 Å². The van der Waals surface area contributed by atoms with E-state index in [4.69, 9.17) is 9.84 Å². The SMILES string of the molecule is CC(C)(C)OC(=O)c1c[nH]nc1CCCC(=O)O. The van der Waals surface area contributed by atoms with Gasteiger partial charge in [0.2, 0.25) is 0 Å². The van der Waals surface area contributed by atoms with Crippen LogP contribution in [0.25, 0.3) is 0 Å². The largest absolute Gasteiger partial charge is 0.481 e. The Morgan fingerprint density at radius 3 is 2.67 bits per heavy atom. The van der Waals surface area contributed by atoms with E-state index in [1.165, 1.54) is 6.20 Å². The van der Waals surface area contributed by atoms with Gasteiger partial charge in [-0.2, -0.15) is 5.10 Å². The molecule has 18 heavy (non-hydrogen) atoms. The molecule has 6 heteroatoms. The molecule has 1 aromatic rings. The van der Waals surface area contributed by atoms with Crippen molar-refractivity contribution in [2.24, 2.45) is 0 Å². The zero-order valence-corrected chi connectivity index (χ0v) is 10.8. The number of carboxylic acids is 1. The molecule has 0 saturated heterocycles. The lowest BCUT2D eigenvalue weighted by atomic mass is 10.1. The number of carboxylic acid groups (broad SMARTS) is 1. The van der Waals surface area contributed by atoms with Gasteiger partial charge < -0.3 is 9.84 Å². The first-order chi connectivity index (χ1) is 8.29. The average Bonchev–Trinajstić information content (AvgIpc) is 2.62. The molecule has 1 heterocycles. The second kappa shape index (κ2) is 5.66. The molecule has 0 aliphatic rings. The second-order valence-electron chi connectivity index (χ2n) is 4.99. The number of H-pyrrole nitrogens is 1. The first kappa shape index (κ1) is 14.2. The summed E-state index contributed by atoms with van der Waals surface area (Å²) in [7, 11) is 0. The maximum absolute atomic E-state index is 11.8. The van der Waals surface area contributed by atoms with E-state index in [1.807, 2.05) is 0 Å². The van der Waals surface area contributed by atoms with Crippen LogP contribution in [0.2, 0.25) is 0 Å². The Morgan fingerprint density at radius 2 is 2.11 bits per heavy atom. The van der Waals surface area contributed by atoms with Crippen molar-refractivity contribution >= 4 is 11.9 Å². The summed E-state index contributed by atoms with van der Waals surface area (Å²) in [6.07, 6.45) is 2.41. The smallest absolute Gasteiger partial charge is 0.342 e. The van der Waals surface area contributed by atoms with Crippen molar-refractivity contribution in [3.63, 3.8) is 0 Å². The maximum Gasteiger partial charge on any atom is 0.342 e. The standard InChI is InChI=1S/C12H18N2O4/c1-12(2,3)18-11(17)8-7-13-14-9(8)5-4-6-10(15)16/h7H,4-6H2,1-3H3,(H,13,14)(H,15,16). The van der Waals surface area contributed by atoms with Gasteiger partial charge in [-0.3, -0.25) is 9.89 Å². The van der Waals surface area contributed by atoms with Crippen molar-refractivity contribution < 1.29 is 19.4 Å². The molecule has 100 valence electrons. The van der Waals surface area contributed by atoms with Crippen LogP contribution in [-0.2, 0) is 16.0 Å². The summed E-state index contributed by atoms with van der Waals surface area (Å²) in [6, 6.07) is 0. The van der Waals surface area contributed by atoms with Crippen molar-refractivity contribution in [1.82, 2.24) is 10.2 Å². The molecule has 0 aliphatic carbocycles. The number of hydrogen-bond donors (Lipinski definition) is 2. The van der Waals surface area contributed by atoms with Gasteiger partial charge in [0.15, 0.2) is 0 Å². The topological polar surface area (TPSA) is 92.3 Å². The highest BCUT2D eigenvalue weighted by Gasteiger charge is 2.21. The lowest BCUT2D eigenvalue weighted by Crippen LogP contribution is -2.24. The van der Waals surface area contributed by atoms with Crippen LogP contribution in [0, 0.1) is 0 Å².